The highest BCUT2D eigenvalue weighted by molar-refractivity contribution is 7.09. The van der Waals surface area contributed by atoms with Gasteiger partial charge in [-0.3, -0.25) is 9.59 Å². The monoisotopic (exact) mass is 430 g/mol. The number of hydrogen-bond acceptors (Lipinski definition) is 4. The maximum atomic E-state index is 12.2. The lowest BCUT2D eigenvalue weighted by Crippen LogP contribution is -2.24. The van der Waals surface area contributed by atoms with Crippen LogP contribution in [0.4, 0.5) is 5.69 Å². The highest BCUT2D eigenvalue weighted by Crippen LogP contribution is 2.20. The van der Waals surface area contributed by atoms with Gasteiger partial charge in [0.2, 0.25) is 5.91 Å². The van der Waals surface area contributed by atoms with E-state index in [-0.39, 0.29) is 18.4 Å². The normalized spacial score (nSPS) is 10.6. The molecule has 5 nitrogen and oxygen atoms in total. The van der Waals surface area contributed by atoms with Gasteiger partial charge in [-0.25, -0.2) is 0 Å². The average molecular weight is 431 g/mol. The molecule has 3 aromatic carbocycles. The zero-order chi connectivity index (χ0) is 21.5. The summed E-state index contributed by atoms with van der Waals surface area (Å²) in [6.45, 7) is 0.465. The third kappa shape index (κ3) is 5.93. The average Bonchev–Trinajstić information content (AvgIpc) is 3.31. The second-order valence-corrected chi connectivity index (χ2v) is 8.11. The molecule has 0 radical (unpaired) electrons. The zero-order valence-corrected chi connectivity index (χ0v) is 17.7. The number of carbonyl (C=O) groups is 2. The fourth-order valence-electron chi connectivity index (χ4n) is 3.16. The molecule has 2 N–H and O–H groups in total. The topological polar surface area (TPSA) is 67.4 Å². The van der Waals surface area contributed by atoms with Crippen molar-refractivity contribution in [2.45, 2.75) is 13.0 Å². The van der Waals surface area contributed by atoms with Crippen molar-refractivity contribution >= 4 is 39.6 Å². The third-order valence-electron chi connectivity index (χ3n) is 4.73. The van der Waals surface area contributed by atoms with E-state index in [1.165, 1.54) is 0 Å². The van der Waals surface area contributed by atoms with E-state index in [0.29, 0.717) is 24.4 Å². The van der Waals surface area contributed by atoms with E-state index in [4.69, 9.17) is 4.74 Å². The summed E-state index contributed by atoms with van der Waals surface area (Å²) in [7, 11) is 0. The molecule has 4 rings (SSSR count). The van der Waals surface area contributed by atoms with E-state index >= 15 is 0 Å². The lowest BCUT2D eigenvalue weighted by molar-refractivity contribution is -0.120. The number of benzene rings is 3. The maximum absolute atomic E-state index is 12.2. The Morgan fingerprint density at radius 3 is 2.42 bits per heavy atom. The van der Waals surface area contributed by atoms with Crippen LogP contribution in [0, 0.1) is 0 Å². The Kier molecular flexibility index (Phi) is 6.59. The highest BCUT2D eigenvalue weighted by Gasteiger charge is 2.07. The van der Waals surface area contributed by atoms with Crippen LogP contribution in [0.2, 0.25) is 0 Å². The Morgan fingerprint density at radius 2 is 1.65 bits per heavy atom. The molecule has 0 aliphatic rings. The molecular formula is C25H22N2O3S. The predicted molar refractivity (Wildman–Crippen MR) is 124 cm³/mol. The van der Waals surface area contributed by atoms with E-state index in [2.05, 4.69) is 10.6 Å². The molecule has 156 valence electrons. The molecule has 0 atom stereocenters. The predicted octanol–water partition coefficient (Wildman–Crippen LogP) is 4.78. The summed E-state index contributed by atoms with van der Waals surface area (Å²) in [6.07, 6.45) is 0.296. The summed E-state index contributed by atoms with van der Waals surface area (Å²) in [5, 5.41) is 9.90. The van der Waals surface area contributed by atoms with E-state index in [9.17, 15) is 9.59 Å². The molecule has 0 saturated heterocycles. The fraction of sp³-hybridized carbons (Fsp3) is 0.120. The van der Waals surface area contributed by atoms with Crippen LogP contribution in [0.3, 0.4) is 0 Å². The molecule has 31 heavy (non-hydrogen) atoms. The number of fused-ring (bicyclic) bond motifs is 1. The van der Waals surface area contributed by atoms with Crippen LogP contribution in [0.5, 0.6) is 5.75 Å². The van der Waals surface area contributed by atoms with Gasteiger partial charge in [-0.1, -0.05) is 48.5 Å². The number of ether oxygens (including phenoxy) is 1. The Balaban J connectivity index is 1.24. The summed E-state index contributed by atoms with van der Waals surface area (Å²) in [5.41, 5.74) is 1.55. The van der Waals surface area contributed by atoms with Gasteiger partial charge in [-0.05, 0) is 52.0 Å². The molecule has 4 aromatic rings. The SMILES string of the molecule is O=C(Cc1ccc(NC(=O)COc2ccc3ccccc3c2)cc1)NCc1cccs1. The molecule has 2 amide bonds. The van der Waals surface area contributed by atoms with Crippen LogP contribution in [0.15, 0.2) is 84.2 Å². The lowest BCUT2D eigenvalue weighted by Gasteiger charge is -2.09. The van der Waals surface area contributed by atoms with Gasteiger partial charge >= 0.3 is 0 Å². The highest BCUT2D eigenvalue weighted by atomic mass is 32.1. The number of hydrogen-bond donors (Lipinski definition) is 2. The van der Waals surface area contributed by atoms with Crippen molar-refractivity contribution in [2.24, 2.45) is 0 Å². The Hall–Kier alpha value is -3.64. The van der Waals surface area contributed by atoms with Gasteiger partial charge < -0.3 is 15.4 Å². The lowest BCUT2D eigenvalue weighted by atomic mass is 10.1. The van der Waals surface area contributed by atoms with Crippen molar-refractivity contribution in [3.8, 4) is 5.75 Å². The van der Waals surface area contributed by atoms with Gasteiger partial charge in [0, 0.05) is 10.6 Å². The van der Waals surface area contributed by atoms with E-state index in [0.717, 1.165) is 21.2 Å². The molecule has 0 saturated carbocycles. The van der Waals surface area contributed by atoms with Crippen LogP contribution in [0.1, 0.15) is 10.4 Å². The van der Waals surface area contributed by atoms with Gasteiger partial charge in [-0.15, -0.1) is 11.3 Å². The molecule has 0 bridgehead atoms. The molecule has 6 heteroatoms. The van der Waals surface area contributed by atoms with Crippen LogP contribution in [0.25, 0.3) is 10.8 Å². The van der Waals surface area contributed by atoms with Crippen molar-refractivity contribution in [3.63, 3.8) is 0 Å². The smallest absolute Gasteiger partial charge is 0.262 e. The second kappa shape index (κ2) is 9.91. The Labute approximate surface area is 184 Å². The van der Waals surface area contributed by atoms with E-state index in [1.807, 2.05) is 72.1 Å². The summed E-state index contributed by atoms with van der Waals surface area (Å²) in [6, 6.07) is 24.9. The van der Waals surface area contributed by atoms with Crippen LogP contribution in [-0.2, 0) is 22.6 Å². The molecular weight excluding hydrogens is 408 g/mol. The Morgan fingerprint density at radius 1 is 0.839 bits per heavy atom. The molecule has 0 spiro atoms. The Bertz CT molecular complexity index is 1170. The van der Waals surface area contributed by atoms with Gasteiger partial charge in [-0.2, -0.15) is 0 Å². The molecule has 0 aliphatic heterocycles. The summed E-state index contributed by atoms with van der Waals surface area (Å²) in [5.74, 6) is 0.376. The molecule has 0 fully saturated rings. The van der Waals surface area contributed by atoms with Crippen LogP contribution in [-0.4, -0.2) is 18.4 Å². The zero-order valence-electron chi connectivity index (χ0n) is 16.8. The van der Waals surface area contributed by atoms with Gasteiger partial charge in [0.25, 0.3) is 5.91 Å². The number of thiophene rings is 1. The van der Waals surface area contributed by atoms with Crippen molar-refractivity contribution in [3.05, 3.63) is 94.7 Å². The van der Waals surface area contributed by atoms with Crippen LogP contribution < -0.4 is 15.4 Å². The first-order chi connectivity index (χ1) is 15.2. The first kappa shape index (κ1) is 20.6. The number of rotatable bonds is 8. The quantitative estimate of drug-likeness (QED) is 0.423. The largest absolute Gasteiger partial charge is 0.484 e. The molecule has 0 unspecified atom stereocenters. The van der Waals surface area contributed by atoms with Crippen molar-refractivity contribution in [2.75, 3.05) is 11.9 Å². The number of carbonyl (C=O) groups excluding carboxylic acids is 2. The van der Waals surface area contributed by atoms with Gasteiger partial charge in [0.15, 0.2) is 6.61 Å². The van der Waals surface area contributed by atoms with E-state index in [1.54, 1.807) is 23.5 Å². The summed E-state index contributed by atoms with van der Waals surface area (Å²) < 4.78 is 5.62. The summed E-state index contributed by atoms with van der Waals surface area (Å²) in [4.78, 5) is 25.4. The van der Waals surface area contributed by atoms with Gasteiger partial charge in [0.1, 0.15) is 5.75 Å². The number of nitrogens with one attached hydrogen (secondary N) is 2. The van der Waals surface area contributed by atoms with Gasteiger partial charge in [0.05, 0.1) is 13.0 Å². The minimum Gasteiger partial charge on any atom is -0.484 e. The van der Waals surface area contributed by atoms with Crippen molar-refractivity contribution < 1.29 is 14.3 Å². The molecule has 1 aromatic heterocycles. The standard InChI is InChI=1S/C25H22N2O3S/c28-24(26-16-23-6-3-13-31-23)14-18-7-10-21(11-8-18)27-25(29)17-30-22-12-9-19-4-1-2-5-20(19)15-22/h1-13,15H,14,16-17H2,(H,26,28)(H,27,29). The first-order valence-corrected chi connectivity index (χ1v) is 10.8. The minimum atomic E-state index is -0.241. The van der Waals surface area contributed by atoms with E-state index < -0.39 is 0 Å². The number of anilines is 1. The fourth-order valence-corrected chi connectivity index (χ4v) is 3.80. The van der Waals surface area contributed by atoms with Crippen molar-refractivity contribution in [1.29, 1.82) is 0 Å². The maximum Gasteiger partial charge on any atom is 0.262 e. The molecule has 1 heterocycles. The second-order valence-electron chi connectivity index (χ2n) is 7.08. The van der Waals surface area contributed by atoms with Crippen molar-refractivity contribution in [1.82, 2.24) is 5.32 Å². The summed E-state index contributed by atoms with van der Waals surface area (Å²) >= 11 is 1.62. The first-order valence-electron chi connectivity index (χ1n) is 9.95. The van der Waals surface area contributed by atoms with Crippen LogP contribution >= 0.6 is 11.3 Å². The molecule has 0 aliphatic carbocycles. The minimum absolute atomic E-state index is 0.0334. The number of amides is 2. The third-order valence-corrected chi connectivity index (χ3v) is 5.61.